The lowest BCUT2D eigenvalue weighted by Gasteiger charge is -2.12. The van der Waals surface area contributed by atoms with E-state index in [0.717, 1.165) is 0 Å². The highest BCUT2D eigenvalue weighted by molar-refractivity contribution is 7.26. The molecule has 1 heterocycles. The highest BCUT2D eigenvalue weighted by Gasteiger charge is 2.15. The molecule has 39 heavy (non-hydrogen) atoms. The molecule has 8 aromatic carbocycles. The summed E-state index contributed by atoms with van der Waals surface area (Å²) in [5, 5.41) is 13.2. The number of benzene rings is 8. The predicted molar refractivity (Wildman–Crippen MR) is 171 cm³/mol. The molecule has 0 amide bonds. The van der Waals surface area contributed by atoms with Gasteiger partial charge in [0.1, 0.15) is 0 Å². The number of rotatable bonds is 2. The molecule has 0 radical (unpaired) electrons. The van der Waals surface area contributed by atoms with E-state index in [9.17, 15) is 0 Å². The van der Waals surface area contributed by atoms with Crippen LogP contribution >= 0.6 is 11.3 Å². The summed E-state index contributed by atoms with van der Waals surface area (Å²) in [7, 11) is 0. The van der Waals surface area contributed by atoms with E-state index in [-0.39, 0.29) is 0 Å². The average molecular weight is 511 g/mol. The maximum Gasteiger partial charge on any atom is 0.0440 e. The number of hydrogen-bond donors (Lipinski definition) is 0. The third-order valence-corrected chi connectivity index (χ3v) is 9.57. The van der Waals surface area contributed by atoms with Gasteiger partial charge in [-0.3, -0.25) is 0 Å². The molecule has 9 rings (SSSR count). The molecule has 9 aromatic rings. The van der Waals surface area contributed by atoms with Crippen LogP contribution in [0.25, 0.3) is 85.5 Å². The molecule has 0 aliphatic heterocycles. The first-order chi connectivity index (χ1) is 19.3. The summed E-state index contributed by atoms with van der Waals surface area (Å²) in [6.45, 7) is 0. The second kappa shape index (κ2) is 7.89. The van der Waals surface area contributed by atoms with Crippen molar-refractivity contribution in [2.45, 2.75) is 0 Å². The van der Waals surface area contributed by atoms with Gasteiger partial charge in [-0.25, -0.2) is 0 Å². The van der Waals surface area contributed by atoms with Crippen molar-refractivity contribution in [3.05, 3.63) is 133 Å². The summed E-state index contributed by atoms with van der Waals surface area (Å²) in [4.78, 5) is 0. The predicted octanol–water partition coefficient (Wildman–Crippen LogP) is 11.4. The second-order valence-corrected chi connectivity index (χ2v) is 11.6. The first kappa shape index (κ1) is 21.2. The maximum atomic E-state index is 2.36. The Morgan fingerprint density at radius 1 is 0.359 bits per heavy atom. The van der Waals surface area contributed by atoms with Crippen molar-refractivity contribution in [2.75, 3.05) is 0 Å². The molecule has 0 unspecified atom stereocenters. The topological polar surface area (TPSA) is 0 Å². The Morgan fingerprint density at radius 3 is 1.79 bits per heavy atom. The number of fused-ring (bicyclic) bond motifs is 4. The van der Waals surface area contributed by atoms with E-state index in [1.165, 1.54) is 85.5 Å². The van der Waals surface area contributed by atoms with Crippen LogP contribution in [0.5, 0.6) is 0 Å². The van der Waals surface area contributed by atoms with Crippen molar-refractivity contribution in [2.24, 2.45) is 0 Å². The van der Waals surface area contributed by atoms with Crippen LogP contribution in [-0.2, 0) is 0 Å². The van der Waals surface area contributed by atoms with E-state index < -0.39 is 0 Å². The van der Waals surface area contributed by atoms with Crippen LogP contribution < -0.4 is 0 Å². The van der Waals surface area contributed by atoms with E-state index in [4.69, 9.17) is 0 Å². The lowest BCUT2D eigenvalue weighted by Crippen LogP contribution is -1.86. The molecule has 0 bridgehead atoms. The Kier molecular flexibility index (Phi) is 4.30. The van der Waals surface area contributed by atoms with Gasteiger partial charge in [0, 0.05) is 20.2 Å². The normalized spacial score (nSPS) is 12.1. The molecule has 180 valence electrons. The van der Waals surface area contributed by atoms with Crippen LogP contribution in [-0.4, -0.2) is 0 Å². The zero-order valence-electron chi connectivity index (χ0n) is 21.1. The van der Waals surface area contributed by atoms with Crippen molar-refractivity contribution in [3.63, 3.8) is 0 Å². The molecule has 0 aliphatic carbocycles. The molecule has 0 saturated heterocycles. The van der Waals surface area contributed by atoms with Crippen LogP contribution in [0.3, 0.4) is 0 Å². The fraction of sp³-hybridized carbons (Fsp3) is 0. The van der Waals surface area contributed by atoms with Crippen LogP contribution in [0.4, 0.5) is 0 Å². The lowest BCUT2D eigenvalue weighted by molar-refractivity contribution is 1.68. The smallest absolute Gasteiger partial charge is 0.0440 e. The minimum Gasteiger partial charge on any atom is -0.134 e. The lowest BCUT2D eigenvalue weighted by atomic mass is 9.91. The van der Waals surface area contributed by atoms with Gasteiger partial charge in [0.15, 0.2) is 0 Å². The zero-order valence-corrected chi connectivity index (χ0v) is 21.9. The Labute approximate surface area is 229 Å². The van der Waals surface area contributed by atoms with Gasteiger partial charge in [0.25, 0.3) is 0 Å². The van der Waals surface area contributed by atoms with Crippen molar-refractivity contribution in [1.29, 1.82) is 0 Å². The first-order valence-electron chi connectivity index (χ1n) is 13.4. The molecule has 0 N–H and O–H groups in total. The van der Waals surface area contributed by atoms with Crippen molar-refractivity contribution in [3.8, 4) is 22.3 Å². The van der Waals surface area contributed by atoms with Gasteiger partial charge in [-0.2, -0.15) is 0 Å². The van der Waals surface area contributed by atoms with E-state index in [1.807, 2.05) is 11.3 Å². The van der Waals surface area contributed by atoms with Gasteiger partial charge in [-0.05, 0) is 89.6 Å². The van der Waals surface area contributed by atoms with E-state index in [0.29, 0.717) is 0 Å². The van der Waals surface area contributed by atoms with Crippen LogP contribution in [0.15, 0.2) is 133 Å². The van der Waals surface area contributed by atoms with E-state index >= 15 is 0 Å². The molecular formula is C38H22S. The van der Waals surface area contributed by atoms with Gasteiger partial charge in [0.2, 0.25) is 0 Å². The maximum absolute atomic E-state index is 2.36. The molecule has 0 fully saturated rings. The monoisotopic (exact) mass is 510 g/mol. The summed E-state index contributed by atoms with van der Waals surface area (Å²) < 4.78 is 2.76. The zero-order chi connectivity index (χ0) is 25.5. The van der Waals surface area contributed by atoms with Crippen LogP contribution in [0, 0.1) is 0 Å². The average Bonchev–Trinajstić information content (AvgIpc) is 3.40. The SMILES string of the molecule is c1ccc2c(c1)cc(-c1ccc3cc(-c4ccc5ccc6cccc7sc4c5c67)ccc3c1)c1ccccc12. The van der Waals surface area contributed by atoms with Gasteiger partial charge in [-0.1, -0.05) is 109 Å². The van der Waals surface area contributed by atoms with Gasteiger partial charge in [-0.15, -0.1) is 11.3 Å². The number of thiophene rings is 1. The summed E-state index contributed by atoms with van der Waals surface area (Å²) in [5.41, 5.74) is 5.15. The van der Waals surface area contributed by atoms with Crippen LogP contribution in [0.1, 0.15) is 0 Å². The Morgan fingerprint density at radius 2 is 0.974 bits per heavy atom. The van der Waals surface area contributed by atoms with Gasteiger partial charge in [0.05, 0.1) is 0 Å². The summed E-state index contributed by atoms with van der Waals surface area (Å²) >= 11 is 1.92. The van der Waals surface area contributed by atoms with E-state index in [2.05, 4.69) is 133 Å². The van der Waals surface area contributed by atoms with Gasteiger partial charge < -0.3 is 0 Å². The molecule has 0 spiro atoms. The fourth-order valence-electron chi connectivity index (χ4n) is 6.53. The molecule has 0 atom stereocenters. The summed E-state index contributed by atoms with van der Waals surface area (Å²) in [6, 6.07) is 49.5. The molecule has 1 heteroatoms. The molecular weight excluding hydrogens is 488 g/mol. The molecule has 0 saturated carbocycles. The highest BCUT2D eigenvalue weighted by atomic mass is 32.1. The summed E-state index contributed by atoms with van der Waals surface area (Å²) in [5.74, 6) is 0. The Bertz CT molecular complexity index is 2390. The van der Waals surface area contributed by atoms with Crippen molar-refractivity contribution in [1.82, 2.24) is 0 Å². The van der Waals surface area contributed by atoms with Crippen LogP contribution in [0.2, 0.25) is 0 Å². The Hall–Kier alpha value is -4.72. The van der Waals surface area contributed by atoms with E-state index in [1.54, 1.807) is 0 Å². The second-order valence-electron chi connectivity index (χ2n) is 10.5. The quantitative estimate of drug-likeness (QED) is 0.203. The first-order valence-corrected chi connectivity index (χ1v) is 14.2. The standard InChI is InChI=1S/C38H22S/c1-2-8-30-27(6-1)22-34(33-10-4-3-9-32(30)33)29-17-15-25-20-28(16-14-26(25)21-29)31-19-18-24-13-12-23-7-5-11-35-36(23)37(24)38(31)39-35/h1-22H. The van der Waals surface area contributed by atoms with Crippen molar-refractivity contribution < 1.29 is 0 Å². The Balaban J connectivity index is 1.22. The number of hydrogen-bond acceptors (Lipinski definition) is 1. The van der Waals surface area contributed by atoms with Crippen molar-refractivity contribution >= 4 is 74.6 Å². The molecule has 0 nitrogen and oxygen atoms in total. The molecule has 0 aliphatic rings. The molecule has 1 aromatic heterocycles. The third kappa shape index (κ3) is 3.05. The minimum atomic E-state index is 1.26. The third-order valence-electron chi connectivity index (χ3n) is 8.38. The summed E-state index contributed by atoms with van der Waals surface area (Å²) in [6.07, 6.45) is 0. The van der Waals surface area contributed by atoms with Gasteiger partial charge >= 0.3 is 0 Å². The minimum absolute atomic E-state index is 1.26. The largest absolute Gasteiger partial charge is 0.134 e. The highest BCUT2D eigenvalue weighted by Crippen LogP contribution is 2.45. The fourth-order valence-corrected chi connectivity index (χ4v) is 7.84.